The molecule has 2 aromatic carbocycles. The van der Waals surface area contributed by atoms with Gasteiger partial charge in [-0.3, -0.25) is 9.59 Å². The van der Waals surface area contributed by atoms with Gasteiger partial charge in [0.1, 0.15) is 0 Å². The van der Waals surface area contributed by atoms with E-state index in [1.165, 1.54) is 50.5 Å². The summed E-state index contributed by atoms with van der Waals surface area (Å²) < 4.78 is 27.7. The molecule has 4 fully saturated rings. The Hall–Kier alpha value is -2.51. The smallest absolute Gasteiger partial charge is 0.251 e. The quantitative estimate of drug-likeness (QED) is 0.602. The summed E-state index contributed by atoms with van der Waals surface area (Å²) in [5, 5.41) is 3.38. The Balaban J connectivity index is 1.20. The number of hydrogen-bond donors (Lipinski definition) is 2. The molecular weight excluding hydrogens is 436 g/mol. The van der Waals surface area contributed by atoms with Gasteiger partial charge in [0, 0.05) is 23.2 Å². The van der Waals surface area contributed by atoms with Crippen LogP contribution in [0.1, 0.15) is 71.7 Å². The molecule has 0 radical (unpaired) electrons. The van der Waals surface area contributed by atoms with Crippen LogP contribution in [0, 0.1) is 17.8 Å². The van der Waals surface area contributed by atoms with E-state index < -0.39 is 10.0 Å². The lowest BCUT2D eigenvalue weighted by molar-refractivity contribution is -0.0167. The molecule has 1 amide bonds. The fourth-order valence-corrected chi connectivity index (χ4v) is 7.50. The topological polar surface area (TPSA) is 92.3 Å². The summed E-state index contributed by atoms with van der Waals surface area (Å²) in [4.78, 5) is 24.5. The van der Waals surface area contributed by atoms with E-state index in [2.05, 4.69) is 10.0 Å². The van der Waals surface area contributed by atoms with Crippen LogP contribution in [-0.4, -0.2) is 25.6 Å². The van der Waals surface area contributed by atoms with E-state index in [0.717, 1.165) is 42.6 Å². The third kappa shape index (κ3) is 4.62. The van der Waals surface area contributed by atoms with E-state index in [4.69, 9.17) is 0 Å². The van der Waals surface area contributed by atoms with Crippen molar-refractivity contribution in [1.29, 1.82) is 0 Å². The molecule has 4 aliphatic carbocycles. The zero-order valence-corrected chi connectivity index (χ0v) is 19.7. The molecule has 4 aliphatic rings. The number of carbonyl (C=O) groups is 2. The van der Waals surface area contributed by atoms with Gasteiger partial charge in [-0.15, -0.1) is 0 Å². The fraction of sp³-hybridized carbons (Fsp3) is 0.462. The fourth-order valence-electron chi connectivity index (χ4n) is 6.48. The van der Waals surface area contributed by atoms with E-state index in [0.29, 0.717) is 11.1 Å². The van der Waals surface area contributed by atoms with Crippen molar-refractivity contribution in [2.45, 2.75) is 62.4 Å². The number of nitrogens with one attached hydrogen (secondary N) is 2. The Morgan fingerprint density at radius 1 is 0.848 bits per heavy atom. The van der Waals surface area contributed by atoms with Crippen LogP contribution in [0.15, 0.2) is 53.4 Å². The first kappa shape index (κ1) is 22.3. The van der Waals surface area contributed by atoms with Crippen LogP contribution in [0.3, 0.4) is 0 Å². The second-order valence-electron chi connectivity index (χ2n) is 10.3. The van der Waals surface area contributed by atoms with Gasteiger partial charge in [0.2, 0.25) is 10.0 Å². The second kappa shape index (κ2) is 8.37. The predicted octanol–water partition coefficient (Wildman–Crippen LogP) is 4.07. The van der Waals surface area contributed by atoms with E-state index in [9.17, 15) is 18.0 Å². The summed E-state index contributed by atoms with van der Waals surface area (Å²) in [6, 6.07) is 13.0. The van der Waals surface area contributed by atoms with Gasteiger partial charge in [-0.1, -0.05) is 24.3 Å². The number of carbonyl (C=O) groups excluding carboxylic acids is 2. The van der Waals surface area contributed by atoms with Crippen molar-refractivity contribution >= 4 is 21.7 Å². The van der Waals surface area contributed by atoms with E-state index in [-0.39, 0.29) is 28.7 Å². The van der Waals surface area contributed by atoms with Crippen molar-refractivity contribution in [3.05, 3.63) is 65.2 Å². The zero-order valence-electron chi connectivity index (χ0n) is 18.8. The molecule has 6 nitrogen and oxygen atoms in total. The largest absolute Gasteiger partial charge is 0.347 e. The van der Waals surface area contributed by atoms with E-state index in [1.54, 1.807) is 24.3 Å². The lowest BCUT2D eigenvalue weighted by atomic mass is 9.53. The minimum Gasteiger partial charge on any atom is -0.347 e. The zero-order chi connectivity index (χ0) is 23.2. The van der Waals surface area contributed by atoms with E-state index >= 15 is 0 Å². The molecule has 4 saturated carbocycles. The molecule has 2 aromatic rings. The van der Waals surface area contributed by atoms with Gasteiger partial charge in [0.05, 0.1) is 4.90 Å². The van der Waals surface area contributed by atoms with Crippen LogP contribution in [0.5, 0.6) is 0 Å². The SMILES string of the molecule is CC(=O)c1ccc(S(=O)(=O)NCc2ccc(C(=O)NC34CC5CC(CC(C5)C3)C4)cc2)cc1. The summed E-state index contributed by atoms with van der Waals surface area (Å²) in [5.74, 6) is 2.16. The summed E-state index contributed by atoms with van der Waals surface area (Å²) in [5.41, 5.74) is 1.82. The number of sulfonamides is 1. The predicted molar refractivity (Wildman–Crippen MR) is 125 cm³/mol. The van der Waals surface area contributed by atoms with Crippen LogP contribution < -0.4 is 10.0 Å². The molecule has 33 heavy (non-hydrogen) atoms. The number of hydrogen-bond acceptors (Lipinski definition) is 4. The molecule has 0 unspecified atom stereocenters. The van der Waals surface area contributed by atoms with E-state index in [1.807, 2.05) is 0 Å². The Labute approximate surface area is 195 Å². The average Bonchev–Trinajstić information content (AvgIpc) is 2.77. The van der Waals surface area contributed by atoms with Gasteiger partial charge < -0.3 is 5.32 Å². The highest BCUT2D eigenvalue weighted by atomic mass is 32.2. The Morgan fingerprint density at radius 3 is 1.88 bits per heavy atom. The van der Waals surface area contributed by atoms with Crippen LogP contribution >= 0.6 is 0 Å². The number of benzene rings is 2. The highest BCUT2D eigenvalue weighted by Crippen LogP contribution is 2.55. The summed E-state index contributed by atoms with van der Waals surface area (Å²) in [6.45, 7) is 1.56. The van der Waals surface area contributed by atoms with Crippen LogP contribution in [0.2, 0.25) is 0 Å². The molecule has 6 rings (SSSR count). The molecular formula is C26H30N2O4S. The van der Waals surface area contributed by atoms with Crippen molar-refractivity contribution in [3.8, 4) is 0 Å². The van der Waals surface area contributed by atoms with Crippen LogP contribution in [-0.2, 0) is 16.6 Å². The Kier molecular flexibility index (Phi) is 5.65. The maximum Gasteiger partial charge on any atom is 0.251 e. The first-order valence-electron chi connectivity index (χ1n) is 11.7. The van der Waals surface area contributed by atoms with Crippen molar-refractivity contribution in [2.75, 3.05) is 0 Å². The van der Waals surface area contributed by atoms with Crippen molar-refractivity contribution in [3.63, 3.8) is 0 Å². The molecule has 0 aromatic heterocycles. The number of amides is 1. The maximum absolute atomic E-state index is 13.0. The highest BCUT2D eigenvalue weighted by Gasteiger charge is 2.51. The van der Waals surface area contributed by atoms with Gasteiger partial charge in [-0.05, 0) is 93.0 Å². The van der Waals surface area contributed by atoms with Crippen molar-refractivity contribution < 1.29 is 18.0 Å². The second-order valence-corrected chi connectivity index (χ2v) is 12.0. The highest BCUT2D eigenvalue weighted by molar-refractivity contribution is 7.89. The normalized spacial score (nSPS) is 28.0. The summed E-state index contributed by atoms with van der Waals surface area (Å²) in [7, 11) is -3.70. The average molecular weight is 467 g/mol. The summed E-state index contributed by atoms with van der Waals surface area (Å²) >= 11 is 0. The van der Waals surface area contributed by atoms with Crippen LogP contribution in [0.4, 0.5) is 0 Å². The molecule has 0 atom stereocenters. The third-order valence-corrected chi connectivity index (χ3v) is 9.09. The maximum atomic E-state index is 13.0. The third-order valence-electron chi connectivity index (χ3n) is 7.67. The molecule has 0 heterocycles. The molecule has 0 aliphatic heterocycles. The molecule has 0 saturated heterocycles. The first-order valence-corrected chi connectivity index (χ1v) is 13.2. The van der Waals surface area contributed by atoms with Crippen molar-refractivity contribution in [1.82, 2.24) is 10.0 Å². The number of ketones is 1. The number of Topliss-reactive ketones (excluding diaryl/α,β-unsaturated/α-hetero) is 1. The van der Waals surface area contributed by atoms with Crippen molar-refractivity contribution in [2.24, 2.45) is 17.8 Å². The summed E-state index contributed by atoms with van der Waals surface area (Å²) in [6.07, 6.45) is 7.33. The molecule has 2 N–H and O–H groups in total. The Morgan fingerprint density at radius 2 is 1.36 bits per heavy atom. The van der Waals surface area contributed by atoms with Gasteiger partial charge >= 0.3 is 0 Å². The minimum atomic E-state index is -3.70. The van der Waals surface area contributed by atoms with Crippen LogP contribution in [0.25, 0.3) is 0 Å². The lowest BCUT2D eigenvalue weighted by Gasteiger charge is -2.56. The van der Waals surface area contributed by atoms with Gasteiger partial charge in [0.15, 0.2) is 5.78 Å². The molecule has 7 heteroatoms. The minimum absolute atomic E-state index is 0.0297. The monoisotopic (exact) mass is 466 g/mol. The lowest BCUT2D eigenvalue weighted by Crippen LogP contribution is -2.59. The molecule has 4 bridgehead atoms. The standard InChI is InChI=1S/C26H30N2O4S/c1-17(29)22-6-8-24(9-7-22)33(31,32)27-16-18-2-4-23(5-3-18)25(30)28-26-13-19-10-20(14-26)12-21(11-19)15-26/h2-9,19-21,27H,10-16H2,1H3,(H,28,30). The molecule has 174 valence electrons. The van der Waals surface area contributed by atoms with Gasteiger partial charge in [-0.2, -0.15) is 0 Å². The molecule has 0 spiro atoms. The Bertz CT molecular complexity index is 1130. The van der Waals surface area contributed by atoms with Gasteiger partial charge in [-0.25, -0.2) is 13.1 Å². The first-order chi connectivity index (χ1) is 15.7. The van der Waals surface area contributed by atoms with Gasteiger partial charge in [0.25, 0.3) is 5.91 Å². The number of rotatable bonds is 7.